The van der Waals surface area contributed by atoms with Gasteiger partial charge in [-0.05, 0) is 24.1 Å². The minimum atomic E-state index is -0.469. The molecule has 0 fully saturated rings. The minimum Gasteiger partial charge on any atom is -0.494 e. The van der Waals surface area contributed by atoms with Gasteiger partial charge in [0.15, 0.2) is 11.6 Å². The summed E-state index contributed by atoms with van der Waals surface area (Å²) in [6.45, 7) is 2.32. The Morgan fingerprint density at radius 2 is 2.19 bits per heavy atom. The maximum atomic E-state index is 13.3. The SMILES string of the molecule is CCCOC(=O)Cc1ccc(OC)c(F)c1. The molecule has 0 radical (unpaired) electrons. The molecule has 0 heterocycles. The molecule has 1 aromatic carbocycles. The summed E-state index contributed by atoms with van der Waals surface area (Å²) >= 11 is 0. The fourth-order valence-corrected chi connectivity index (χ4v) is 1.25. The van der Waals surface area contributed by atoms with Crippen molar-refractivity contribution in [2.75, 3.05) is 13.7 Å². The number of ether oxygens (including phenoxy) is 2. The molecule has 0 aliphatic heterocycles. The van der Waals surface area contributed by atoms with E-state index in [9.17, 15) is 9.18 Å². The van der Waals surface area contributed by atoms with Crippen molar-refractivity contribution in [3.8, 4) is 5.75 Å². The second kappa shape index (κ2) is 6.10. The normalized spacial score (nSPS) is 9.94. The van der Waals surface area contributed by atoms with Gasteiger partial charge in [0.05, 0.1) is 20.1 Å². The summed E-state index contributed by atoms with van der Waals surface area (Å²) in [4.78, 5) is 11.3. The van der Waals surface area contributed by atoms with Gasteiger partial charge in [-0.3, -0.25) is 4.79 Å². The fourth-order valence-electron chi connectivity index (χ4n) is 1.25. The van der Waals surface area contributed by atoms with E-state index >= 15 is 0 Å². The first kappa shape index (κ1) is 12.5. The third-order valence-electron chi connectivity index (χ3n) is 2.03. The molecular weight excluding hydrogens is 211 g/mol. The number of halogens is 1. The molecule has 0 saturated heterocycles. The Labute approximate surface area is 94.2 Å². The summed E-state index contributed by atoms with van der Waals surface area (Å²) in [7, 11) is 1.40. The Hall–Kier alpha value is -1.58. The molecule has 0 N–H and O–H groups in total. The van der Waals surface area contributed by atoms with E-state index in [1.54, 1.807) is 6.07 Å². The summed E-state index contributed by atoms with van der Waals surface area (Å²) < 4.78 is 23.0. The van der Waals surface area contributed by atoms with E-state index in [0.717, 1.165) is 6.42 Å². The number of carbonyl (C=O) groups is 1. The predicted octanol–water partition coefficient (Wildman–Crippen LogP) is 2.33. The van der Waals surface area contributed by atoms with Gasteiger partial charge in [-0.1, -0.05) is 13.0 Å². The third kappa shape index (κ3) is 3.53. The molecule has 0 spiro atoms. The Morgan fingerprint density at radius 3 is 2.75 bits per heavy atom. The van der Waals surface area contributed by atoms with E-state index in [1.807, 2.05) is 6.92 Å². The molecule has 88 valence electrons. The third-order valence-corrected chi connectivity index (χ3v) is 2.03. The summed E-state index contributed by atoms with van der Waals surface area (Å²) in [5.74, 6) is -0.639. The first-order valence-corrected chi connectivity index (χ1v) is 5.15. The zero-order chi connectivity index (χ0) is 12.0. The van der Waals surface area contributed by atoms with Crippen LogP contribution in [0, 0.1) is 5.82 Å². The molecule has 4 heteroatoms. The summed E-state index contributed by atoms with van der Waals surface area (Å²) in [6, 6.07) is 4.43. The molecule has 1 rings (SSSR count). The summed E-state index contributed by atoms with van der Waals surface area (Å²) in [6.07, 6.45) is 0.865. The van der Waals surface area contributed by atoms with Gasteiger partial charge >= 0.3 is 5.97 Å². The van der Waals surface area contributed by atoms with Gasteiger partial charge in [-0.2, -0.15) is 0 Å². The van der Waals surface area contributed by atoms with Crippen LogP contribution in [-0.4, -0.2) is 19.7 Å². The number of rotatable bonds is 5. The van der Waals surface area contributed by atoms with E-state index in [0.29, 0.717) is 12.2 Å². The van der Waals surface area contributed by atoms with Crippen molar-refractivity contribution in [3.63, 3.8) is 0 Å². The number of methoxy groups -OCH3 is 1. The van der Waals surface area contributed by atoms with Gasteiger partial charge in [0.2, 0.25) is 0 Å². The van der Waals surface area contributed by atoms with Gasteiger partial charge in [-0.25, -0.2) is 4.39 Å². The van der Waals surface area contributed by atoms with E-state index in [4.69, 9.17) is 9.47 Å². The number of hydrogen-bond acceptors (Lipinski definition) is 3. The molecule has 0 atom stereocenters. The van der Waals surface area contributed by atoms with E-state index in [2.05, 4.69) is 0 Å². The van der Waals surface area contributed by atoms with Crippen LogP contribution in [0.3, 0.4) is 0 Å². The van der Waals surface area contributed by atoms with Crippen LogP contribution < -0.4 is 4.74 Å². The van der Waals surface area contributed by atoms with Gasteiger partial charge in [0, 0.05) is 0 Å². The van der Waals surface area contributed by atoms with Crippen LogP contribution in [0.5, 0.6) is 5.75 Å². The average Bonchev–Trinajstić information content (AvgIpc) is 2.26. The predicted molar refractivity (Wildman–Crippen MR) is 57.9 cm³/mol. The maximum Gasteiger partial charge on any atom is 0.310 e. The largest absolute Gasteiger partial charge is 0.494 e. The lowest BCUT2D eigenvalue weighted by atomic mass is 10.1. The molecular formula is C12H15FO3. The van der Waals surface area contributed by atoms with Crippen LogP contribution in [-0.2, 0) is 16.0 Å². The lowest BCUT2D eigenvalue weighted by molar-refractivity contribution is -0.142. The topological polar surface area (TPSA) is 35.5 Å². The van der Waals surface area contributed by atoms with Crippen molar-refractivity contribution < 1.29 is 18.7 Å². The van der Waals surface area contributed by atoms with Crippen molar-refractivity contribution in [2.24, 2.45) is 0 Å². The van der Waals surface area contributed by atoms with Crippen LogP contribution in [0.15, 0.2) is 18.2 Å². The lowest BCUT2D eigenvalue weighted by Crippen LogP contribution is -2.08. The van der Waals surface area contributed by atoms with Crippen LogP contribution >= 0.6 is 0 Å². The number of esters is 1. The number of carbonyl (C=O) groups excluding carboxylic acids is 1. The standard InChI is InChI=1S/C12H15FO3/c1-3-6-16-12(14)8-9-4-5-11(15-2)10(13)7-9/h4-5,7H,3,6,8H2,1-2H3. The van der Waals surface area contributed by atoms with Crippen LogP contribution in [0.1, 0.15) is 18.9 Å². The zero-order valence-corrected chi connectivity index (χ0v) is 9.46. The highest BCUT2D eigenvalue weighted by molar-refractivity contribution is 5.72. The zero-order valence-electron chi connectivity index (χ0n) is 9.46. The Balaban J connectivity index is 2.61. The van der Waals surface area contributed by atoms with Crippen LogP contribution in [0.4, 0.5) is 4.39 Å². The van der Waals surface area contributed by atoms with Crippen molar-refractivity contribution in [1.29, 1.82) is 0 Å². The van der Waals surface area contributed by atoms with Crippen molar-refractivity contribution in [1.82, 2.24) is 0 Å². The first-order chi connectivity index (χ1) is 7.67. The quantitative estimate of drug-likeness (QED) is 0.723. The molecule has 0 amide bonds. The summed E-state index contributed by atoms with van der Waals surface area (Å²) in [5.41, 5.74) is 0.583. The second-order valence-electron chi connectivity index (χ2n) is 3.37. The van der Waals surface area contributed by atoms with E-state index < -0.39 is 5.82 Å². The van der Waals surface area contributed by atoms with Gasteiger partial charge in [-0.15, -0.1) is 0 Å². The van der Waals surface area contributed by atoms with Crippen LogP contribution in [0.25, 0.3) is 0 Å². The monoisotopic (exact) mass is 226 g/mol. The molecule has 1 aromatic rings. The van der Waals surface area contributed by atoms with Crippen molar-refractivity contribution in [3.05, 3.63) is 29.6 Å². The highest BCUT2D eigenvalue weighted by Crippen LogP contribution is 2.18. The molecule has 0 aliphatic rings. The van der Waals surface area contributed by atoms with Gasteiger partial charge in [0.25, 0.3) is 0 Å². The first-order valence-electron chi connectivity index (χ1n) is 5.15. The minimum absolute atomic E-state index is 0.0842. The molecule has 3 nitrogen and oxygen atoms in total. The van der Waals surface area contributed by atoms with Gasteiger partial charge in [0.1, 0.15) is 0 Å². The lowest BCUT2D eigenvalue weighted by Gasteiger charge is -2.05. The van der Waals surface area contributed by atoms with E-state index in [-0.39, 0.29) is 18.1 Å². The molecule has 0 aliphatic carbocycles. The van der Waals surface area contributed by atoms with Crippen molar-refractivity contribution in [2.45, 2.75) is 19.8 Å². The summed E-state index contributed by atoms with van der Waals surface area (Å²) in [5, 5.41) is 0. The molecule has 0 unspecified atom stereocenters. The second-order valence-corrected chi connectivity index (χ2v) is 3.37. The number of benzene rings is 1. The molecule has 16 heavy (non-hydrogen) atoms. The maximum absolute atomic E-state index is 13.3. The molecule has 0 aromatic heterocycles. The Morgan fingerprint density at radius 1 is 1.44 bits per heavy atom. The van der Waals surface area contributed by atoms with Crippen molar-refractivity contribution >= 4 is 5.97 Å². The smallest absolute Gasteiger partial charge is 0.310 e. The highest BCUT2D eigenvalue weighted by Gasteiger charge is 2.08. The Kier molecular flexibility index (Phi) is 4.76. The average molecular weight is 226 g/mol. The fraction of sp³-hybridized carbons (Fsp3) is 0.417. The Bertz CT molecular complexity index is 363. The number of hydrogen-bond donors (Lipinski definition) is 0. The van der Waals surface area contributed by atoms with E-state index in [1.165, 1.54) is 19.2 Å². The van der Waals surface area contributed by atoms with Gasteiger partial charge < -0.3 is 9.47 Å². The highest BCUT2D eigenvalue weighted by atomic mass is 19.1. The molecule has 0 bridgehead atoms. The van der Waals surface area contributed by atoms with Crippen LogP contribution in [0.2, 0.25) is 0 Å². The molecule has 0 saturated carbocycles.